The van der Waals surface area contributed by atoms with Gasteiger partial charge in [0, 0.05) is 12.1 Å². The third-order valence-electron chi connectivity index (χ3n) is 2.67. The molecule has 0 saturated heterocycles. The first-order chi connectivity index (χ1) is 9.06. The van der Waals surface area contributed by atoms with Crippen LogP contribution < -0.4 is 10.5 Å². The van der Waals surface area contributed by atoms with E-state index in [-0.39, 0.29) is 11.7 Å². The van der Waals surface area contributed by atoms with Crippen LogP contribution in [0.3, 0.4) is 0 Å². The van der Waals surface area contributed by atoms with E-state index in [1.807, 2.05) is 19.1 Å². The van der Waals surface area contributed by atoms with Crippen molar-refractivity contribution >= 4 is 5.69 Å². The first-order valence-electron chi connectivity index (χ1n) is 5.84. The Kier molecular flexibility index (Phi) is 3.77. The number of non-ortho nitro benzene ring substituents is 1. The summed E-state index contributed by atoms with van der Waals surface area (Å²) in [4.78, 5) is 10.2. The van der Waals surface area contributed by atoms with E-state index in [4.69, 9.17) is 10.5 Å². The molecule has 0 aliphatic heterocycles. The van der Waals surface area contributed by atoms with Crippen molar-refractivity contribution in [3.8, 4) is 11.5 Å². The van der Waals surface area contributed by atoms with Crippen LogP contribution in [-0.4, -0.2) is 4.92 Å². The van der Waals surface area contributed by atoms with Crippen LogP contribution in [0, 0.1) is 10.1 Å². The Bertz CT molecular complexity index is 579. The molecule has 98 valence electrons. The molecular formula is C14H14N2O3. The summed E-state index contributed by atoms with van der Waals surface area (Å²) < 4.78 is 5.56. The smallest absolute Gasteiger partial charge is 0.273 e. The van der Waals surface area contributed by atoms with Gasteiger partial charge in [-0.2, -0.15) is 0 Å². The van der Waals surface area contributed by atoms with Crippen molar-refractivity contribution in [3.05, 3.63) is 64.2 Å². The highest BCUT2D eigenvalue weighted by molar-refractivity contribution is 5.41. The van der Waals surface area contributed by atoms with Crippen LogP contribution >= 0.6 is 0 Å². The second-order valence-corrected chi connectivity index (χ2v) is 4.21. The number of nitrogens with zero attached hydrogens (tertiary/aromatic N) is 1. The van der Waals surface area contributed by atoms with E-state index >= 15 is 0 Å². The highest BCUT2D eigenvalue weighted by Crippen LogP contribution is 2.25. The Balaban J connectivity index is 2.16. The molecule has 2 aromatic carbocycles. The topological polar surface area (TPSA) is 78.4 Å². The van der Waals surface area contributed by atoms with Crippen molar-refractivity contribution in [2.24, 2.45) is 5.73 Å². The highest BCUT2D eigenvalue weighted by atomic mass is 16.6. The maximum atomic E-state index is 10.7. The molecule has 0 bridgehead atoms. The molecule has 0 saturated carbocycles. The number of hydrogen-bond donors (Lipinski definition) is 1. The van der Waals surface area contributed by atoms with Crippen LogP contribution in [0.5, 0.6) is 11.5 Å². The fraction of sp³-hybridized carbons (Fsp3) is 0.143. The molecule has 0 aliphatic rings. The van der Waals surface area contributed by atoms with Gasteiger partial charge in [0.05, 0.1) is 11.0 Å². The van der Waals surface area contributed by atoms with Gasteiger partial charge in [-0.3, -0.25) is 10.1 Å². The Morgan fingerprint density at radius 1 is 1.16 bits per heavy atom. The van der Waals surface area contributed by atoms with E-state index in [1.165, 1.54) is 12.1 Å². The van der Waals surface area contributed by atoms with Gasteiger partial charge in [0.2, 0.25) is 0 Å². The second-order valence-electron chi connectivity index (χ2n) is 4.21. The summed E-state index contributed by atoms with van der Waals surface area (Å²) in [6.45, 7) is 1.90. The van der Waals surface area contributed by atoms with Crippen LogP contribution in [0.4, 0.5) is 5.69 Å². The molecule has 0 unspecified atom stereocenters. The Labute approximate surface area is 110 Å². The molecule has 19 heavy (non-hydrogen) atoms. The molecule has 0 spiro atoms. The third-order valence-corrected chi connectivity index (χ3v) is 2.67. The lowest BCUT2D eigenvalue weighted by Crippen LogP contribution is -2.04. The predicted octanol–water partition coefficient (Wildman–Crippen LogP) is 3.41. The van der Waals surface area contributed by atoms with Crippen LogP contribution in [0.2, 0.25) is 0 Å². The Morgan fingerprint density at radius 2 is 1.84 bits per heavy atom. The van der Waals surface area contributed by atoms with Gasteiger partial charge in [-0.15, -0.1) is 0 Å². The maximum Gasteiger partial charge on any atom is 0.273 e. The van der Waals surface area contributed by atoms with Crippen molar-refractivity contribution < 1.29 is 9.66 Å². The summed E-state index contributed by atoms with van der Waals surface area (Å²) in [6, 6.07) is 13.4. The average Bonchev–Trinajstić information content (AvgIpc) is 2.39. The average molecular weight is 258 g/mol. The minimum absolute atomic E-state index is 0.00435. The van der Waals surface area contributed by atoms with Crippen LogP contribution in [0.25, 0.3) is 0 Å². The van der Waals surface area contributed by atoms with Gasteiger partial charge in [-0.1, -0.05) is 18.2 Å². The van der Waals surface area contributed by atoms with Gasteiger partial charge in [-0.25, -0.2) is 0 Å². The number of ether oxygens (including phenoxy) is 1. The number of nitro groups is 1. The van der Waals surface area contributed by atoms with E-state index < -0.39 is 4.92 Å². The minimum atomic E-state index is -0.452. The number of rotatable bonds is 4. The van der Waals surface area contributed by atoms with E-state index in [2.05, 4.69) is 0 Å². The number of benzene rings is 2. The van der Waals surface area contributed by atoms with Crippen molar-refractivity contribution in [2.75, 3.05) is 0 Å². The van der Waals surface area contributed by atoms with Gasteiger partial charge < -0.3 is 10.5 Å². The summed E-state index contributed by atoms with van der Waals surface area (Å²) in [7, 11) is 0. The summed E-state index contributed by atoms with van der Waals surface area (Å²) in [6.07, 6.45) is 0. The zero-order valence-corrected chi connectivity index (χ0v) is 10.4. The molecule has 0 aliphatic carbocycles. The number of nitrogens with two attached hydrogens (primary N) is 1. The molecule has 5 heteroatoms. The maximum absolute atomic E-state index is 10.7. The molecule has 1 atom stereocenters. The molecule has 0 heterocycles. The fourth-order valence-electron chi connectivity index (χ4n) is 1.64. The van der Waals surface area contributed by atoms with Gasteiger partial charge in [0.25, 0.3) is 5.69 Å². The third kappa shape index (κ3) is 3.29. The number of hydrogen-bond acceptors (Lipinski definition) is 4. The van der Waals surface area contributed by atoms with Crippen LogP contribution in [0.15, 0.2) is 48.5 Å². The largest absolute Gasteiger partial charge is 0.457 e. The zero-order valence-electron chi connectivity index (χ0n) is 10.4. The molecule has 2 N–H and O–H groups in total. The lowest BCUT2D eigenvalue weighted by molar-refractivity contribution is -0.384. The van der Waals surface area contributed by atoms with Crippen molar-refractivity contribution in [3.63, 3.8) is 0 Å². The highest BCUT2D eigenvalue weighted by Gasteiger charge is 2.07. The summed E-state index contributed by atoms with van der Waals surface area (Å²) in [5.74, 6) is 1.05. The van der Waals surface area contributed by atoms with Crippen molar-refractivity contribution in [1.82, 2.24) is 0 Å². The van der Waals surface area contributed by atoms with Gasteiger partial charge in [0.15, 0.2) is 0 Å². The predicted molar refractivity (Wildman–Crippen MR) is 72.2 cm³/mol. The lowest BCUT2D eigenvalue weighted by Gasteiger charge is -2.08. The van der Waals surface area contributed by atoms with Gasteiger partial charge in [0.1, 0.15) is 11.5 Å². The van der Waals surface area contributed by atoms with E-state index in [1.54, 1.807) is 24.3 Å². The standard InChI is InChI=1S/C14H14N2O3/c1-10(15)11-5-7-13(8-6-11)19-14-4-2-3-12(9-14)16(17)18/h2-10H,15H2,1H3/t10-/m0/s1. The summed E-state index contributed by atoms with van der Waals surface area (Å²) in [5.41, 5.74) is 6.76. The lowest BCUT2D eigenvalue weighted by atomic mass is 10.1. The summed E-state index contributed by atoms with van der Waals surface area (Å²) >= 11 is 0. The molecule has 0 radical (unpaired) electrons. The van der Waals surface area contributed by atoms with E-state index in [9.17, 15) is 10.1 Å². The monoisotopic (exact) mass is 258 g/mol. The summed E-state index contributed by atoms with van der Waals surface area (Å²) in [5, 5.41) is 10.7. The quantitative estimate of drug-likeness (QED) is 0.673. The van der Waals surface area contributed by atoms with E-state index in [0.29, 0.717) is 11.5 Å². The Hall–Kier alpha value is -2.40. The van der Waals surface area contributed by atoms with Crippen molar-refractivity contribution in [1.29, 1.82) is 0 Å². The number of nitro benzene ring substituents is 1. The van der Waals surface area contributed by atoms with Crippen molar-refractivity contribution in [2.45, 2.75) is 13.0 Å². The zero-order chi connectivity index (χ0) is 13.8. The van der Waals surface area contributed by atoms with Gasteiger partial charge >= 0.3 is 0 Å². The SMILES string of the molecule is C[C@H](N)c1ccc(Oc2cccc([N+](=O)[O-])c2)cc1. The first kappa shape index (κ1) is 13.0. The van der Waals surface area contributed by atoms with Gasteiger partial charge in [-0.05, 0) is 30.7 Å². The molecule has 2 aromatic rings. The second kappa shape index (κ2) is 5.49. The van der Waals surface area contributed by atoms with Crippen LogP contribution in [0.1, 0.15) is 18.5 Å². The normalized spacial score (nSPS) is 11.9. The fourth-order valence-corrected chi connectivity index (χ4v) is 1.64. The first-order valence-corrected chi connectivity index (χ1v) is 5.84. The molecule has 0 aromatic heterocycles. The van der Waals surface area contributed by atoms with E-state index in [0.717, 1.165) is 5.56 Å². The van der Waals surface area contributed by atoms with Crippen LogP contribution in [-0.2, 0) is 0 Å². The molecule has 2 rings (SSSR count). The molecule has 0 fully saturated rings. The molecule has 5 nitrogen and oxygen atoms in total. The molecular weight excluding hydrogens is 244 g/mol. The molecule has 0 amide bonds. The minimum Gasteiger partial charge on any atom is -0.457 e. The Morgan fingerprint density at radius 3 is 2.42 bits per heavy atom.